The zero-order valence-electron chi connectivity index (χ0n) is 9.59. The van der Waals surface area contributed by atoms with Crippen LogP contribution in [0, 0.1) is 6.92 Å². The van der Waals surface area contributed by atoms with E-state index < -0.39 is 0 Å². The molecule has 0 unspecified atom stereocenters. The standard InChI is InChI=1S/C12H20N2/c1-5-8-12(3,4)14-11-7-6-10(2)9-13-11/h6-7,9H,5,8H2,1-4H3,(H,13,14). The second kappa shape index (κ2) is 4.45. The van der Waals surface area contributed by atoms with Crippen LogP contribution in [0.25, 0.3) is 0 Å². The maximum atomic E-state index is 4.33. The highest BCUT2D eigenvalue weighted by molar-refractivity contribution is 5.37. The van der Waals surface area contributed by atoms with Crippen molar-refractivity contribution in [3.05, 3.63) is 23.9 Å². The lowest BCUT2D eigenvalue weighted by molar-refractivity contribution is 0.509. The molecule has 0 atom stereocenters. The molecule has 2 heteroatoms. The number of hydrogen-bond acceptors (Lipinski definition) is 2. The third-order valence-electron chi connectivity index (χ3n) is 2.25. The van der Waals surface area contributed by atoms with Crippen LogP contribution in [0.4, 0.5) is 5.82 Å². The predicted octanol–water partition coefficient (Wildman–Crippen LogP) is 3.38. The van der Waals surface area contributed by atoms with E-state index in [1.165, 1.54) is 12.0 Å². The summed E-state index contributed by atoms with van der Waals surface area (Å²) in [5.41, 5.74) is 1.33. The number of anilines is 1. The lowest BCUT2D eigenvalue weighted by Gasteiger charge is -2.26. The first-order valence-corrected chi connectivity index (χ1v) is 5.24. The van der Waals surface area contributed by atoms with Gasteiger partial charge in [0.15, 0.2) is 0 Å². The minimum Gasteiger partial charge on any atom is -0.365 e. The van der Waals surface area contributed by atoms with Crippen LogP contribution in [-0.4, -0.2) is 10.5 Å². The zero-order valence-corrected chi connectivity index (χ0v) is 9.59. The van der Waals surface area contributed by atoms with E-state index in [0.717, 1.165) is 12.2 Å². The summed E-state index contributed by atoms with van der Waals surface area (Å²) in [5, 5.41) is 3.44. The summed E-state index contributed by atoms with van der Waals surface area (Å²) in [6.07, 6.45) is 4.23. The van der Waals surface area contributed by atoms with Gasteiger partial charge in [-0.25, -0.2) is 4.98 Å². The summed E-state index contributed by atoms with van der Waals surface area (Å²) in [5.74, 6) is 0.967. The monoisotopic (exact) mass is 192 g/mol. The van der Waals surface area contributed by atoms with Crippen LogP contribution < -0.4 is 5.32 Å². The van der Waals surface area contributed by atoms with Gasteiger partial charge >= 0.3 is 0 Å². The van der Waals surface area contributed by atoms with E-state index >= 15 is 0 Å². The van der Waals surface area contributed by atoms with Gasteiger partial charge in [0.05, 0.1) is 0 Å². The Morgan fingerprint density at radius 3 is 2.57 bits per heavy atom. The van der Waals surface area contributed by atoms with Crippen molar-refractivity contribution >= 4 is 5.82 Å². The lowest BCUT2D eigenvalue weighted by atomic mass is 9.99. The third kappa shape index (κ3) is 3.36. The average molecular weight is 192 g/mol. The molecule has 0 aliphatic rings. The van der Waals surface area contributed by atoms with E-state index in [1.54, 1.807) is 0 Å². The normalized spacial score (nSPS) is 11.4. The first kappa shape index (κ1) is 11.0. The highest BCUT2D eigenvalue weighted by Gasteiger charge is 2.15. The number of pyridine rings is 1. The third-order valence-corrected chi connectivity index (χ3v) is 2.25. The van der Waals surface area contributed by atoms with E-state index in [0.29, 0.717) is 0 Å². The Labute approximate surface area is 86.8 Å². The highest BCUT2D eigenvalue weighted by Crippen LogP contribution is 2.17. The van der Waals surface area contributed by atoms with Gasteiger partial charge in [-0.05, 0) is 38.8 Å². The van der Waals surface area contributed by atoms with Gasteiger partial charge in [-0.2, -0.15) is 0 Å². The molecule has 1 heterocycles. The Bertz CT molecular complexity index is 275. The quantitative estimate of drug-likeness (QED) is 0.791. The van der Waals surface area contributed by atoms with Gasteiger partial charge in [-0.1, -0.05) is 19.4 Å². The van der Waals surface area contributed by atoms with Crippen molar-refractivity contribution in [3.63, 3.8) is 0 Å². The Morgan fingerprint density at radius 1 is 1.36 bits per heavy atom. The Kier molecular flexibility index (Phi) is 3.50. The van der Waals surface area contributed by atoms with Gasteiger partial charge in [-0.3, -0.25) is 0 Å². The summed E-state index contributed by atoms with van der Waals surface area (Å²) in [6, 6.07) is 4.12. The predicted molar refractivity (Wildman–Crippen MR) is 61.6 cm³/mol. The number of nitrogens with one attached hydrogen (secondary N) is 1. The first-order chi connectivity index (χ1) is 6.53. The number of hydrogen-bond donors (Lipinski definition) is 1. The number of rotatable bonds is 4. The molecule has 0 amide bonds. The van der Waals surface area contributed by atoms with E-state index in [2.05, 4.69) is 37.1 Å². The average Bonchev–Trinajstić information content (AvgIpc) is 2.08. The molecule has 1 N–H and O–H groups in total. The fraction of sp³-hybridized carbons (Fsp3) is 0.583. The maximum absolute atomic E-state index is 4.33. The molecule has 78 valence electrons. The molecule has 1 aromatic rings. The van der Waals surface area contributed by atoms with Gasteiger partial charge in [-0.15, -0.1) is 0 Å². The molecule has 0 aromatic carbocycles. The van der Waals surface area contributed by atoms with Gasteiger partial charge in [0.25, 0.3) is 0 Å². The summed E-state index contributed by atoms with van der Waals surface area (Å²) in [4.78, 5) is 4.33. The van der Waals surface area contributed by atoms with Gasteiger partial charge in [0.2, 0.25) is 0 Å². The molecule has 2 nitrogen and oxygen atoms in total. The minimum absolute atomic E-state index is 0.136. The van der Waals surface area contributed by atoms with E-state index in [4.69, 9.17) is 0 Å². The van der Waals surface area contributed by atoms with Crippen molar-refractivity contribution in [2.45, 2.75) is 46.1 Å². The fourth-order valence-electron chi connectivity index (χ4n) is 1.58. The Balaban J connectivity index is 2.64. The van der Waals surface area contributed by atoms with Crippen molar-refractivity contribution in [3.8, 4) is 0 Å². The van der Waals surface area contributed by atoms with E-state index in [-0.39, 0.29) is 5.54 Å². The van der Waals surface area contributed by atoms with Crippen molar-refractivity contribution in [1.82, 2.24) is 4.98 Å². The summed E-state index contributed by atoms with van der Waals surface area (Å²) in [7, 11) is 0. The zero-order chi connectivity index (χ0) is 10.6. The first-order valence-electron chi connectivity index (χ1n) is 5.24. The molecule has 1 aromatic heterocycles. The van der Waals surface area contributed by atoms with Crippen LogP contribution in [0.2, 0.25) is 0 Å². The number of nitrogens with zero attached hydrogens (tertiary/aromatic N) is 1. The minimum atomic E-state index is 0.136. The second-order valence-electron chi connectivity index (χ2n) is 4.48. The largest absolute Gasteiger partial charge is 0.365 e. The molecular formula is C12H20N2. The Morgan fingerprint density at radius 2 is 2.07 bits per heavy atom. The number of aromatic nitrogens is 1. The topological polar surface area (TPSA) is 24.9 Å². The van der Waals surface area contributed by atoms with Crippen molar-refractivity contribution in [1.29, 1.82) is 0 Å². The molecular weight excluding hydrogens is 172 g/mol. The van der Waals surface area contributed by atoms with Crippen LogP contribution in [0.15, 0.2) is 18.3 Å². The second-order valence-corrected chi connectivity index (χ2v) is 4.48. The molecule has 0 fully saturated rings. The molecule has 0 aliphatic heterocycles. The summed E-state index contributed by atoms with van der Waals surface area (Å²) in [6.45, 7) is 8.66. The molecule has 0 aliphatic carbocycles. The van der Waals surface area contributed by atoms with Crippen molar-refractivity contribution in [2.24, 2.45) is 0 Å². The summed E-state index contributed by atoms with van der Waals surface area (Å²) < 4.78 is 0. The van der Waals surface area contributed by atoms with Crippen molar-refractivity contribution in [2.75, 3.05) is 5.32 Å². The molecule has 0 spiro atoms. The van der Waals surface area contributed by atoms with Crippen molar-refractivity contribution < 1.29 is 0 Å². The number of aryl methyl sites for hydroxylation is 1. The van der Waals surface area contributed by atoms with Crippen LogP contribution >= 0.6 is 0 Å². The molecule has 1 rings (SSSR count). The van der Waals surface area contributed by atoms with Gasteiger partial charge < -0.3 is 5.32 Å². The van der Waals surface area contributed by atoms with Crippen LogP contribution in [0.3, 0.4) is 0 Å². The Hall–Kier alpha value is -1.05. The molecule has 0 saturated heterocycles. The molecule has 0 bridgehead atoms. The maximum Gasteiger partial charge on any atom is 0.126 e. The van der Waals surface area contributed by atoms with E-state index in [9.17, 15) is 0 Å². The SMILES string of the molecule is CCCC(C)(C)Nc1ccc(C)cn1. The highest BCUT2D eigenvalue weighted by atomic mass is 15.0. The molecule has 0 radical (unpaired) electrons. The summed E-state index contributed by atoms with van der Waals surface area (Å²) >= 11 is 0. The lowest BCUT2D eigenvalue weighted by Crippen LogP contribution is -2.30. The van der Waals surface area contributed by atoms with Gasteiger partial charge in [0, 0.05) is 11.7 Å². The molecule has 14 heavy (non-hydrogen) atoms. The molecule has 0 saturated carbocycles. The van der Waals surface area contributed by atoms with E-state index in [1.807, 2.05) is 19.2 Å². The van der Waals surface area contributed by atoms with Crippen LogP contribution in [0.1, 0.15) is 39.2 Å². The smallest absolute Gasteiger partial charge is 0.126 e. The fourth-order valence-corrected chi connectivity index (χ4v) is 1.58. The van der Waals surface area contributed by atoms with Gasteiger partial charge in [0.1, 0.15) is 5.82 Å². The van der Waals surface area contributed by atoms with Crippen LogP contribution in [-0.2, 0) is 0 Å². The van der Waals surface area contributed by atoms with Crippen LogP contribution in [0.5, 0.6) is 0 Å².